The molecule has 0 aliphatic rings. The molecule has 0 unspecified atom stereocenters. The Bertz CT molecular complexity index is 885. The summed E-state index contributed by atoms with van der Waals surface area (Å²) in [6.45, 7) is 2.42. The van der Waals surface area contributed by atoms with Crippen molar-refractivity contribution < 1.29 is 4.79 Å². The number of aromatic nitrogens is 3. The number of carbonyl (C=O) groups is 1. The summed E-state index contributed by atoms with van der Waals surface area (Å²) in [5.74, 6) is -0.0502. The predicted octanol–water partition coefficient (Wildman–Crippen LogP) is 3.88. The standard InChI is InChI=1S/C17H16Cl2N4OS/c1-11(16(24)20-8-7-12-5-3-2-4-6-12)25-17-22-21-15-14(19)9-13(18)10-23(15)17/h2-6,9-11H,7-8H2,1H3,(H,20,24)/t11-/m0/s1. The molecule has 0 fully saturated rings. The molecule has 0 radical (unpaired) electrons. The minimum Gasteiger partial charge on any atom is -0.355 e. The third-order valence-corrected chi connectivity index (χ3v) is 5.14. The maximum absolute atomic E-state index is 12.3. The summed E-state index contributed by atoms with van der Waals surface area (Å²) in [6.07, 6.45) is 2.48. The Labute approximate surface area is 159 Å². The summed E-state index contributed by atoms with van der Waals surface area (Å²) in [5.41, 5.74) is 1.71. The van der Waals surface area contributed by atoms with Crippen LogP contribution in [0.2, 0.25) is 10.0 Å². The van der Waals surface area contributed by atoms with Crippen LogP contribution in [0, 0.1) is 0 Å². The third-order valence-electron chi connectivity index (χ3n) is 3.60. The van der Waals surface area contributed by atoms with Gasteiger partial charge in [0.25, 0.3) is 0 Å². The highest BCUT2D eigenvalue weighted by Crippen LogP contribution is 2.27. The topological polar surface area (TPSA) is 59.3 Å². The van der Waals surface area contributed by atoms with Crippen molar-refractivity contribution in [1.29, 1.82) is 0 Å². The molecule has 2 heterocycles. The molecule has 8 heteroatoms. The van der Waals surface area contributed by atoms with Crippen LogP contribution in [0.4, 0.5) is 0 Å². The first-order valence-corrected chi connectivity index (χ1v) is 9.36. The number of nitrogens with zero attached hydrogens (tertiary/aromatic N) is 3. The maximum Gasteiger partial charge on any atom is 0.233 e. The summed E-state index contributed by atoms with van der Waals surface area (Å²) in [5, 5.41) is 12.3. The van der Waals surface area contributed by atoms with E-state index in [0.717, 1.165) is 6.42 Å². The molecule has 0 aliphatic heterocycles. The van der Waals surface area contributed by atoms with E-state index in [9.17, 15) is 4.79 Å². The van der Waals surface area contributed by atoms with Crippen LogP contribution in [0.1, 0.15) is 12.5 Å². The monoisotopic (exact) mass is 394 g/mol. The Morgan fingerprint density at radius 3 is 2.80 bits per heavy atom. The van der Waals surface area contributed by atoms with Crippen molar-refractivity contribution in [3.05, 3.63) is 58.2 Å². The number of nitrogens with one attached hydrogen (secondary N) is 1. The molecule has 1 aromatic carbocycles. The Morgan fingerprint density at radius 2 is 2.04 bits per heavy atom. The summed E-state index contributed by atoms with van der Waals surface area (Å²) >= 11 is 13.4. The zero-order valence-electron chi connectivity index (χ0n) is 13.4. The van der Waals surface area contributed by atoms with Crippen molar-refractivity contribution in [2.75, 3.05) is 6.54 Å². The molecule has 0 bridgehead atoms. The van der Waals surface area contributed by atoms with Crippen LogP contribution in [0.25, 0.3) is 5.65 Å². The quantitative estimate of drug-likeness (QED) is 0.644. The molecule has 1 amide bonds. The fourth-order valence-electron chi connectivity index (χ4n) is 2.31. The number of thioether (sulfide) groups is 1. The molecule has 1 atom stereocenters. The van der Waals surface area contributed by atoms with Crippen LogP contribution >= 0.6 is 35.0 Å². The van der Waals surface area contributed by atoms with E-state index in [4.69, 9.17) is 23.2 Å². The molecule has 3 aromatic rings. The number of fused-ring (bicyclic) bond motifs is 1. The molecular formula is C17H16Cl2N4OS. The van der Waals surface area contributed by atoms with Gasteiger partial charge >= 0.3 is 0 Å². The van der Waals surface area contributed by atoms with E-state index in [-0.39, 0.29) is 11.2 Å². The fourth-order valence-corrected chi connectivity index (χ4v) is 3.67. The van der Waals surface area contributed by atoms with Gasteiger partial charge in [0.1, 0.15) is 0 Å². The lowest BCUT2D eigenvalue weighted by atomic mass is 10.1. The van der Waals surface area contributed by atoms with Crippen LogP contribution < -0.4 is 5.32 Å². The van der Waals surface area contributed by atoms with Gasteiger partial charge in [0.2, 0.25) is 5.91 Å². The van der Waals surface area contributed by atoms with E-state index < -0.39 is 0 Å². The number of benzene rings is 1. The molecule has 2 aromatic heterocycles. The van der Waals surface area contributed by atoms with E-state index >= 15 is 0 Å². The lowest BCUT2D eigenvalue weighted by molar-refractivity contribution is -0.120. The lowest BCUT2D eigenvalue weighted by Crippen LogP contribution is -2.32. The Hall–Kier alpha value is -1.76. The highest BCUT2D eigenvalue weighted by Gasteiger charge is 2.18. The van der Waals surface area contributed by atoms with Gasteiger partial charge in [0.05, 0.1) is 15.3 Å². The largest absolute Gasteiger partial charge is 0.355 e. The van der Waals surface area contributed by atoms with Crippen LogP contribution in [0.5, 0.6) is 0 Å². The zero-order chi connectivity index (χ0) is 17.8. The second-order valence-corrected chi connectivity index (χ2v) is 7.62. The molecule has 0 saturated carbocycles. The molecule has 3 rings (SSSR count). The van der Waals surface area contributed by atoms with E-state index in [2.05, 4.69) is 15.5 Å². The summed E-state index contributed by atoms with van der Waals surface area (Å²) in [4.78, 5) is 12.3. The fraction of sp³-hybridized carbons (Fsp3) is 0.235. The minimum atomic E-state index is -0.319. The molecular weight excluding hydrogens is 379 g/mol. The second-order valence-electron chi connectivity index (χ2n) is 5.47. The predicted molar refractivity (Wildman–Crippen MR) is 101 cm³/mol. The third kappa shape index (κ3) is 4.45. The van der Waals surface area contributed by atoms with Gasteiger partial charge in [0, 0.05) is 12.7 Å². The number of halogens is 2. The summed E-state index contributed by atoms with van der Waals surface area (Å²) in [7, 11) is 0. The van der Waals surface area contributed by atoms with E-state index in [1.807, 2.05) is 37.3 Å². The minimum absolute atomic E-state index is 0.0502. The molecule has 5 nitrogen and oxygen atoms in total. The van der Waals surface area contributed by atoms with E-state index in [1.54, 1.807) is 16.7 Å². The van der Waals surface area contributed by atoms with Gasteiger partial charge in [-0.15, -0.1) is 10.2 Å². The average Bonchev–Trinajstić information content (AvgIpc) is 2.98. The summed E-state index contributed by atoms with van der Waals surface area (Å²) in [6, 6.07) is 11.6. The van der Waals surface area contributed by atoms with Crippen molar-refractivity contribution in [1.82, 2.24) is 19.9 Å². The molecule has 0 aliphatic carbocycles. The molecule has 1 N–H and O–H groups in total. The van der Waals surface area contributed by atoms with E-state index in [1.165, 1.54) is 17.3 Å². The average molecular weight is 395 g/mol. The maximum atomic E-state index is 12.3. The van der Waals surface area contributed by atoms with Gasteiger partial charge in [-0.1, -0.05) is 65.3 Å². The zero-order valence-corrected chi connectivity index (χ0v) is 15.8. The first kappa shape index (κ1) is 18.0. The van der Waals surface area contributed by atoms with Crippen LogP contribution in [0.15, 0.2) is 47.8 Å². The van der Waals surface area contributed by atoms with Crippen molar-refractivity contribution in [2.24, 2.45) is 0 Å². The smallest absolute Gasteiger partial charge is 0.233 e. The molecule has 25 heavy (non-hydrogen) atoms. The van der Waals surface area contributed by atoms with Crippen molar-refractivity contribution in [3.8, 4) is 0 Å². The number of pyridine rings is 1. The van der Waals surface area contributed by atoms with Gasteiger partial charge in [0.15, 0.2) is 10.8 Å². The van der Waals surface area contributed by atoms with Gasteiger partial charge in [-0.3, -0.25) is 9.20 Å². The van der Waals surface area contributed by atoms with Crippen LogP contribution in [0.3, 0.4) is 0 Å². The first-order chi connectivity index (χ1) is 12.0. The van der Waals surface area contributed by atoms with Gasteiger partial charge in [-0.2, -0.15) is 0 Å². The van der Waals surface area contributed by atoms with Gasteiger partial charge < -0.3 is 5.32 Å². The number of carbonyl (C=O) groups excluding carboxylic acids is 1. The lowest BCUT2D eigenvalue weighted by Gasteiger charge is -2.11. The summed E-state index contributed by atoms with van der Waals surface area (Å²) < 4.78 is 1.70. The molecule has 130 valence electrons. The first-order valence-electron chi connectivity index (χ1n) is 7.72. The highest BCUT2D eigenvalue weighted by molar-refractivity contribution is 8.00. The normalized spacial score (nSPS) is 12.3. The number of rotatable bonds is 6. The van der Waals surface area contributed by atoms with Crippen LogP contribution in [-0.2, 0) is 11.2 Å². The van der Waals surface area contributed by atoms with Gasteiger partial charge in [-0.25, -0.2) is 0 Å². The number of amides is 1. The van der Waals surface area contributed by atoms with E-state index in [0.29, 0.717) is 27.4 Å². The second kappa shape index (κ2) is 8.08. The number of hydrogen-bond acceptors (Lipinski definition) is 4. The Kier molecular flexibility index (Phi) is 5.83. The van der Waals surface area contributed by atoms with Gasteiger partial charge in [-0.05, 0) is 25.0 Å². The molecule has 0 saturated heterocycles. The highest BCUT2D eigenvalue weighted by atomic mass is 35.5. The van der Waals surface area contributed by atoms with Crippen molar-refractivity contribution >= 4 is 46.5 Å². The molecule has 0 spiro atoms. The van der Waals surface area contributed by atoms with Crippen molar-refractivity contribution in [3.63, 3.8) is 0 Å². The van der Waals surface area contributed by atoms with Crippen LogP contribution in [-0.4, -0.2) is 32.3 Å². The Balaban J connectivity index is 1.60. The van der Waals surface area contributed by atoms with Crippen molar-refractivity contribution in [2.45, 2.75) is 23.8 Å². The Morgan fingerprint density at radius 1 is 1.28 bits per heavy atom. The number of hydrogen-bond donors (Lipinski definition) is 1. The SMILES string of the molecule is C[C@H](Sc1nnc2c(Cl)cc(Cl)cn12)C(=O)NCCc1ccccc1.